The summed E-state index contributed by atoms with van der Waals surface area (Å²) in [6, 6.07) is 19.6. The van der Waals surface area contributed by atoms with E-state index in [0.29, 0.717) is 5.11 Å². The van der Waals surface area contributed by atoms with E-state index in [9.17, 15) is 0 Å². The van der Waals surface area contributed by atoms with E-state index >= 15 is 0 Å². The summed E-state index contributed by atoms with van der Waals surface area (Å²) in [5.41, 5.74) is 5.81. The Morgan fingerprint density at radius 3 is 2.75 bits per heavy atom. The molecule has 3 aromatic rings. The van der Waals surface area contributed by atoms with Crippen molar-refractivity contribution in [2.45, 2.75) is 11.5 Å². The number of nitrogens with one attached hydrogen (secondary N) is 2. The molecule has 7 heteroatoms. The van der Waals surface area contributed by atoms with Gasteiger partial charge in [0.15, 0.2) is 5.11 Å². The van der Waals surface area contributed by atoms with Gasteiger partial charge in [-0.25, -0.2) is 0 Å². The van der Waals surface area contributed by atoms with Gasteiger partial charge in [0.25, 0.3) is 0 Å². The van der Waals surface area contributed by atoms with Crippen molar-refractivity contribution in [3.8, 4) is 5.75 Å². The molecule has 0 atom stereocenters. The average molecular weight is 412 g/mol. The smallest absolute Gasteiger partial charge is 0.191 e. The fourth-order valence-corrected chi connectivity index (χ4v) is 3.58. The van der Waals surface area contributed by atoms with Crippen molar-refractivity contribution in [3.05, 3.63) is 83.8 Å². The summed E-state index contributed by atoms with van der Waals surface area (Å²) >= 11 is 7.01. The number of rotatable bonds is 8. The molecule has 1 heterocycles. The van der Waals surface area contributed by atoms with E-state index in [1.54, 1.807) is 31.3 Å². The summed E-state index contributed by atoms with van der Waals surface area (Å²) in [5.74, 6) is 3.45. The number of furan rings is 1. The first kappa shape index (κ1) is 20.0. The van der Waals surface area contributed by atoms with Crippen LogP contribution in [0.2, 0.25) is 0 Å². The van der Waals surface area contributed by atoms with Gasteiger partial charge in [0.05, 0.1) is 25.3 Å². The minimum atomic E-state index is 0.435. The molecule has 3 rings (SSSR count). The molecule has 5 nitrogen and oxygen atoms in total. The first-order valence-electron chi connectivity index (χ1n) is 8.67. The van der Waals surface area contributed by atoms with E-state index in [2.05, 4.69) is 21.9 Å². The molecule has 0 fully saturated rings. The largest absolute Gasteiger partial charge is 0.496 e. The van der Waals surface area contributed by atoms with Crippen molar-refractivity contribution in [2.24, 2.45) is 5.10 Å². The molecule has 0 aliphatic carbocycles. The molecule has 0 spiro atoms. The molecule has 2 N–H and O–H groups in total. The summed E-state index contributed by atoms with van der Waals surface area (Å²) < 4.78 is 10.8. The van der Waals surface area contributed by atoms with Crippen LogP contribution in [-0.2, 0) is 11.5 Å². The number of anilines is 1. The van der Waals surface area contributed by atoms with Crippen molar-refractivity contribution in [2.75, 3.05) is 12.4 Å². The highest BCUT2D eigenvalue weighted by atomic mass is 32.2. The lowest BCUT2D eigenvalue weighted by Crippen LogP contribution is -2.23. The summed E-state index contributed by atoms with van der Waals surface area (Å²) in [6.45, 7) is 0. The standard InChI is InChI=1S/C21H21N3O2S2/c1-25-20-10-9-16(12-17(20)14-28-15-19-8-5-11-26-19)13-22-24-21(27)23-18-6-3-2-4-7-18/h2-13H,14-15H2,1H3,(H2,23,24,27). The van der Waals surface area contributed by atoms with E-state index in [1.807, 2.05) is 54.6 Å². The molecule has 144 valence electrons. The Balaban J connectivity index is 1.55. The van der Waals surface area contributed by atoms with Gasteiger partial charge < -0.3 is 14.5 Å². The van der Waals surface area contributed by atoms with Gasteiger partial charge in [-0.15, -0.1) is 11.8 Å². The van der Waals surface area contributed by atoms with Crippen molar-refractivity contribution in [3.63, 3.8) is 0 Å². The van der Waals surface area contributed by atoms with Crippen molar-refractivity contribution in [1.29, 1.82) is 0 Å². The SMILES string of the molecule is COc1ccc(C=NNC(=S)Nc2ccccc2)cc1CSCc1ccco1. The number of thioether (sulfide) groups is 1. The minimum absolute atomic E-state index is 0.435. The number of thiocarbonyl (C=S) groups is 1. The van der Waals surface area contributed by atoms with Gasteiger partial charge in [0.1, 0.15) is 11.5 Å². The maximum atomic E-state index is 5.47. The Labute approximate surface area is 174 Å². The second-order valence-electron chi connectivity index (χ2n) is 5.83. The van der Waals surface area contributed by atoms with Gasteiger partial charge in [-0.05, 0) is 60.2 Å². The molecule has 0 radical (unpaired) electrons. The van der Waals surface area contributed by atoms with E-state index in [0.717, 1.165) is 39.8 Å². The van der Waals surface area contributed by atoms with Gasteiger partial charge >= 0.3 is 0 Å². The first-order valence-corrected chi connectivity index (χ1v) is 10.2. The first-order chi connectivity index (χ1) is 13.7. The summed E-state index contributed by atoms with van der Waals surface area (Å²) in [5, 5.41) is 7.72. The maximum absolute atomic E-state index is 5.47. The highest BCUT2D eigenvalue weighted by molar-refractivity contribution is 7.97. The zero-order chi connectivity index (χ0) is 19.6. The van der Waals surface area contributed by atoms with Crippen molar-refractivity contribution >= 4 is 41.0 Å². The molecule has 0 amide bonds. The van der Waals surface area contributed by atoms with Crippen LogP contribution in [0.3, 0.4) is 0 Å². The van der Waals surface area contributed by atoms with E-state index in [4.69, 9.17) is 21.4 Å². The quantitative estimate of drug-likeness (QED) is 0.308. The van der Waals surface area contributed by atoms with Gasteiger partial charge in [-0.1, -0.05) is 18.2 Å². The lowest BCUT2D eigenvalue weighted by Gasteiger charge is -2.09. The van der Waals surface area contributed by atoms with Crippen LogP contribution in [0.5, 0.6) is 5.75 Å². The number of hydrogen-bond donors (Lipinski definition) is 2. The van der Waals surface area contributed by atoms with Gasteiger partial charge in [-0.3, -0.25) is 5.43 Å². The summed E-state index contributed by atoms with van der Waals surface area (Å²) in [6.07, 6.45) is 3.43. The van der Waals surface area contributed by atoms with Crippen LogP contribution in [0, 0.1) is 0 Å². The third kappa shape index (κ3) is 6.14. The molecule has 0 bridgehead atoms. The predicted molar refractivity (Wildman–Crippen MR) is 120 cm³/mol. The topological polar surface area (TPSA) is 58.8 Å². The lowest BCUT2D eigenvalue weighted by molar-refractivity contribution is 0.411. The second-order valence-corrected chi connectivity index (χ2v) is 7.23. The molecule has 28 heavy (non-hydrogen) atoms. The number of hydrogen-bond acceptors (Lipinski definition) is 5. The normalized spacial score (nSPS) is 10.8. The van der Waals surface area contributed by atoms with E-state index in [1.165, 1.54) is 0 Å². The van der Waals surface area contributed by atoms with E-state index < -0.39 is 0 Å². The van der Waals surface area contributed by atoms with Crippen LogP contribution in [-0.4, -0.2) is 18.4 Å². The van der Waals surface area contributed by atoms with Gasteiger partial charge in [0, 0.05) is 17.0 Å². The third-order valence-electron chi connectivity index (χ3n) is 3.80. The highest BCUT2D eigenvalue weighted by Crippen LogP contribution is 2.26. The Hall–Kier alpha value is -2.77. The Morgan fingerprint density at radius 2 is 2.00 bits per heavy atom. The molecule has 0 unspecified atom stereocenters. The molecular weight excluding hydrogens is 390 g/mol. The van der Waals surface area contributed by atoms with Gasteiger partial charge in [-0.2, -0.15) is 5.10 Å². The van der Waals surface area contributed by atoms with Crippen LogP contribution in [0.25, 0.3) is 0 Å². The second kappa shape index (κ2) is 10.5. The number of methoxy groups -OCH3 is 1. The predicted octanol–water partition coefficient (Wildman–Crippen LogP) is 5.04. The zero-order valence-electron chi connectivity index (χ0n) is 15.4. The van der Waals surface area contributed by atoms with Crippen molar-refractivity contribution in [1.82, 2.24) is 5.43 Å². The Bertz CT molecular complexity index is 913. The molecule has 2 aromatic carbocycles. The average Bonchev–Trinajstić information content (AvgIpc) is 3.22. The minimum Gasteiger partial charge on any atom is -0.496 e. The fraction of sp³-hybridized carbons (Fsp3) is 0.143. The van der Waals surface area contributed by atoms with Crippen LogP contribution in [0.4, 0.5) is 5.69 Å². The zero-order valence-corrected chi connectivity index (χ0v) is 17.1. The molecule has 0 aliphatic rings. The number of para-hydroxylation sites is 1. The highest BCUT2D eigenvalue weighted by Gasteiger charge is 2.05. The third-order valence-corrected chi connectivity index (χ3v) is 4.99. The summed E-state index contributed by atoms with van der Waals surface area (Å²) in [7, 11) is 1.68. The van der Waals surface area contributed by atoms with Gasteiger partial charge in [0.2, 0.25) is 0 Å². The Morgan fingerprint density at radius 1 is 1.14 bits per heavy atom. The molecule has 0 saturated heterocycles. The number of nitrogens with zero attached hydrogens (tertiary/aromatic N) is 1. The van der Waals surface area contributed by atoms with Crippen LogP contribution >= 0.6 is 24.0 Å². The Kier molecular flexibility index (Phi) is 7.52. The number of ether oxygens (including phenoxy) is 1. The number of benzene rings is 2. The summed E-state index contributed by atoms with van der Waals surface area (Å²) in [4.78, 5) is 0. The molecule has 1 aromatic heterocycles. The molecular formula is C21H21N3O2S2. The van der Waals surface area contributed by atoms with E-state index in [-0.39, 0.29) is 0 Å². The van der Waals surface area contributed by atoms with Crippen LogP contribution in [0.15, 0.2) is 76.4 Å². The maximum Gasteiger partial charge on any atom is 0.191 e. The number of hydrazone groups is 1. The monoisotopic (exact) mass is 411 g/mol. The van der Waals surface area contributed by atoms with Crippen molar-refractivity contribution < 1.29 is 9.15 Å². The molecule has 0 aliphatic heterocycles. The fourth-order valence-electron chi connectivity index (χ4n) is 2.49. The lowest BCUT2D eigenvalue weighted by atomic mass is 10.1. The van der Waals surface area contributed by atoms with Crippen LogP contribution < -0.4 is 15.5 Å². The van der Waals surface area contributed by atoms with Crippen LogP contribution in [0.1, 0.15) is 16.9 Å². The molecule has 0 saturated carbocycles.